The summed E-state index contributed by atoms with van der Waals surface area (Å²) in [6.45, 7) is 1.94. The van der Waals surface area contributed by atoms with Crippen molar-refractivity contribution in [3.8, 4) is 5.75 Å². The number of aryl methyl sites for hydroxylation is 1. The third-order valence-electron chi connectivity index (χ3n) is 3.72. The fourth-order valence-electron chi connectivity index (χ4n) is 2.52. The van der Waals surface area contributed by atoms with E-state index in [1.165, 1.54) is 4.68 Å². The Morgan fingerprint density at radius 1 is 1.26 bits per heavy atom. The lowest BCUT2D eigenvalue weighted by Crippen LogP contribution is -2.27. The van der Waals surface area contributed by atoms with Crippen molar-refractivity contribution in [3.05, 3.63) is 63.9 Å². The number of aromatic nitrogens is 3. The van der Waals surface area contributed by atoms with Crippen LogP contribution in [0.4, 0.5) is 0 Å². The standard InChI is InChI=1S/C17H17N3O3/c1-11-7-8-16(23-2)13(9-11)15(21)10-20-17(22)12-5-3-4-6-14(12)18-19-20/h3-9,15,21H,10H2,1-2H3. The maximum absolute atomic E-state index is 12.4. The fraction of sp³-hybridized carbons (Fsp3) is 0.235. The topological polar surface area (TPSA) is 77.2 Å². The van der Waals surface area contributed by atoms with Crippen LogP contribution in [0.1, 0.15) is 17.2 Å². The highest BCUT2D eigenvalue weighted by Crippen LogP contribution is 2.27. The molecule has 1 aromatic heterocycles. The van der Waals surface area contributed by atoms with E-state index >= 15 is 0 Å². The fourth-order valence-corrected chi connectivity index (χ4v) is 2.52. The minimum Gasteiger partial charge on any atom is -0.496 e. The Bertz CT molecular complexity index is 905. The van der Waals surface area contributed by atoms with Gasteiger partial charge in [0.1, 0.15) is 17.4 Å². The smallest absolute Gasteiger partial charge is 0.277 e. The van der Waals surface area contributed by atoms with Gasteiger partial charge in [0.2, 0.25) is 0 Å². The molecule has 3 rings (SSSR count). The number of fused-ring (bicyclic) bond motifs is 1. The summed E-state index contributed by atoms with van der Waals surface area (Å²) < 4.78 is 6.45. The Labute approximate surface area is 133 Å². The highest BCUT2D eigenvalue weighted by atomic mass is 16.5. The molecule has 6 heteroatoms. The van der Waals surface area contributed by atoms with Gasteiger partial charge in [-0.3, -0.25) is 4.79 Å². The van der Waals surface area contributed by atoms with Crippen LogP contribution in [0, 0.1) is 6.92 Å². The van der Waals surface area contributed by atoms with Crippen LogP contribution in [0.5, 0.6) is 5.75 Å². The second-order valence-electron chi connectivity index (χ2n) is 5.36. The van der Waals surface area contributed by atoms with Crippen molar-refractivity contribution in [2.24, 2.45) is 0 Å². The predicted molar refractivity (Wildman–Crippen MR) is 86.5 cm³/mol. The van der Waals surface area contributed by atoms with Crippen LogP contribution >= 0.6 is 0 Å². The third kappa shape index (κ3) is 2.93. The second-order valence-corrected chi connectivity index (χ2v) is 5.36. The molecule has 0 fully saturated rings. The van der Waals surface area contributed by atoms with Crippen molar-refractivity contribution in [2.45, 2.75) is 19.6 Å². The quantitative estimate of drug-likeness (QED) is 0.795. The first-order valence-corrected chi connectivity index (χ1v) is 7.25. The largest absolute Gasteiger partial charge is 0.496 e. The van der Waals surface area contributed by atoms with Gasteiger partial charge in [-0.2, -0.15) is 0 Å². The molecule has 0 saturated carbocycles. The first kappa shape index (κ1) is 15.2. The van der Waals surface area contributed by atoms with Crippen LogP contribution in [0.15, 0.2) is 47.3 Å². The Kier molecular flexibility index (Phi) is 4.08. The van der Waals surface area contributed by atoms with Crippen molar-refractivity contribution in [3.63, 3.8) is 0 Å². The molecule has 23 heavy (non-hydrogen) atoms. The molecule has 1 heterocycles. The zero-order chi connectivity index (χ0) is 16.4. The summed E-state index contributed by atoms with van der Waals surface area (Å²) in [5.74, 6) is 0.574. The molecule has 1 atom stereocenters. The Morgan fingerprint density at radius 2 is 2.04 bits per heavy atom. The molecule has 1 unspecified atom stereocenters. The van der Waals surface area contributed by atoms with E-state index in [4.69, 9.17) is 4.74 Å². The molecule has 6 nitrogen and oxygen atoms in total. The van der Waals surface area contributed by atoms with Gasteiger partial charge in [-0.05, 0) is 31.2 Å². The van der Waals surface area contributed by atoms with Crippen molar-refractivity contribution in [1.82, 2.24) is 15.0 Å². The summed E-state index contributed by atoms with van der Waals surface area (Å²) in [4.78, 5) is 12.4. The van der Waals surface area contributed by atoms with E-state index in [0.717, 1.165) is 5.56 Å². The van der Waals surface area contributed by atoms with Crippen molar-refractivity contribution >= 4 is 10.9 Å². The monoisotopic (exact) mass is 311 g/mol. The molecule has 0 spiro atoms. The Hall–Kier alpha value is -2.73. The third-order valence-corrected chi connectivity index (χ3v) is 3.72. The van der Waals surface area contributed by atoms with Gasteiger partial charge in [-0.1, -0.05) is 29.0 Å². The summed E-state index contributed by atoms with van der Waals surface area (Å²) in [6, 6.07) is 12.5. The van der Waals surface area contributed by atoms with E-state index in [1.54, 1.807) is 37.4 Å². The highest BCUT2D eigenvalue weighted by molar-refractivity contribution is 5.76. The molecule has 0 saturated heterocycles. The van der Waals surface area contributed by atoms with Gasteiger partial charge in [0.05, 0.1) is 19.0 Å². The van der Waals surface area contributed by atoms with E-state index in [2.05, 4.69) is 10.3 Å². The summed E-state index contributed by atoms with van der Waals surface area (Å²) in [5, 5.41) is 18.9. The number of hydrogen-bond donors (Lipinski definition) is 1. The number of aliphatic hydroxyl groups is 1. The van der Waals surface area contributed by atoms with E-state index in [0.29, 0.717) is 22.2 Å². The maximum atomic E-state index is 12.4. The first-order valence-electron chi connectivity index (χ1n) is 7.25. The molecule has 2 aromatic carbocycles. The lowest BCUT2D eigenvalue weighted by Gasteiger charge is -2.16. The molecule has 1 N–H and O–H groups in total. The lowest BCUT2D eigenvalue weighted by atomic mass is 10.1. The second kappa shape index (κ2) is 6.18. The molecule has 0 amide bonds. The van der Waals surface area contributed by atoms with E-state index in [9.17, 15) is 9.90 Å². The number of rotatable bonds is 4. The molecular formula is C17H17N3O3. The number of ether oxygens (including phenoxy) is 1. The van der Waals surface area contributed by atoms with Crippen LogP contribution in [0.3, 0.4) is 0 Å². The number of nitrogens with zero attached hydrogens (tertiary/aromatic N) is 3. The van der Waals surface area contributed by atoms with E-state index in [-0.39, 0.29) is 12.1 Å². The van der Waals surface area contributed by atoms with Gasteiger partial charge in [0.15, 0.2) is 0 Å². The van der Waals surface area contributed by atoms with Crippen molar-refractivity contribution < 1.29 is 9.84 Å². The molecule has 0 aliphatic rings. The molecule has 0 aliphatic heterocycles. The van der Waals surface area contributed by atoms with Crippen molar-refractivity contribution in [1.29, 1.82) is 0 Å². The average molecular weight is 311 g/mol. The molecule has 0 aliphatic carbocycles. The van der Waals surface area contributed by atoms with Gasteiger partial charge in [-0.15, -0.1) is 5.10 Å². The maximum Gasteiger partial charge on any atom is 0.277 e. The zero-order valence-electron chi connectivity index (χ0n) is 12.9. The Balaban J connectivity index is 1.97. The molecule has 118 valence electrons. The van der Waals surface area contributed by atoms with Gasteiger partial charge in [0, 0.05) is 5.56 Å². The molecule has 3 aromatic rings. The lowest BCUT2D eigenvalue weighted by molar-refractivity contribution is 0.144. The van der Waals surface area contributed by atoms with Crippen LogP contribution in [-0.2, 0) is 6.54 Å². The van der Waals surface area contributed by atoms with Gasteiger partial charge >= 0.3 is 0 Å². The molecule has 0 bridgehead atoms. The zero-order valence-corrected chi connectivity index (χ0v) is 12.9. The van der Waals surface area contributed by atoms with Crippen LogP contribution in [0.25, 0.3) is 10.9 Å². The average Bonchev–Trinajstić information content (AvgIpc) is 2.57. The van der Waals surface area contributed by atoms with Crippen LogP contribution < -0.4 is 10.3 Å². The number of hydrogen-bond acceptors (Lipinski definition) is 5. The summed E-state index contributed by atoms with van der Waals surface area (Å²) in [5.41, 5.74) is 1.88. The van der Waals surface area contributed by atoms with Crippen molar-refractivity contribution in [2.75, 3.05) is 7.11 Å². The normalized spacial score (nSPS) is 12.3. The van der Waals surface area contributed by atoms with E-state index in [1.807, 2.05) is 19.1 Å². The number of methoxy groups -OCH3 is 1. The van der Waals surface area contributed by atoms with Crippen LogP contribution in [0.2, 0.25) is 0 Å². The highest BCUT2D eigenvalue weighted by Gasteiger charge is 2.16. The predicted octanol–water partition coefficient (Wildman–Crippen LogP) is 1.84. The van der Waals surface area contributed by atoms with Gasteiger partial charge < -0.3 is 9.84 Å². The number of benzene rings is 2. The summed E-state index contributed by atoms with van der Waals surface area (Å²) in [6.07, 6.45) is -0.919. The summed E-state index contributed by atoms with van der Waals surface area (Å²) >= 11 is 0. The van der Waals surface area contributed by atoms with E-state index < -0.39 is 6.10 Å². The molecule has 0 radical (unpaired) electrons. The minimum atomic E-state index is -0.919. The molecular weight excluding hydrogens is 294 g/mol. The Morgan fingerprint density at radius 3 is 2.83 bits per heavy atom. The minimum absolute atomic E-state index is 0.0104. The summed E-state index contributed by atoms with van der Waals surface area (Å²) in [7, 11) is 1.54. The van der Waals surface area contributed by atoms with Gasteiger partial charge in [0.25, 0.3) is 5.56 Å². The van der Waals surface area contributed by atoms with Crippen LogP contribution in [-0.4, -0.2) is 27.2 Å². The SMILES string of the molecule is COc1ccc(C)cc1C(O)Cn1nnc2ccccc2c1=O. The van der Waals surface area contributed by atoms with Gasteiger partial charge in [-0.25, -0.2) is 4.68 Å². The first-order chi connectivity index (χ1) is 11.1. The number of aliphatic hydroxyl groups excluding tert-OH is 1.